The molecule has 2 atom stereocenters. The lowest BCUT2D eigenvalue weighted by atomic mass is 9.72. The summed E-state index contributed by atoms with van der Waals surface area (Å²) in [5, 5.41) is 0. The number of β-lactam (4-membered cyclic amide) rings is 1. The molecule has 1 aromatic heterocycles. The third kappa shape index (κ3) is 2.76. The smallest absolute Gasteiger partial charge is 0.232 e. The SMILES string of the molecule is C[C@@H](c1ccccc1)N1CCC[C@@]2(CN(Cc3cncs3)C2=O)C1. The van der Waals surface area contributed by atoms with Gasteiger partial charge in [-0.2, -0.15) is 0 Å². The predicted molar refractivity (Wildman–Crippen MR) is 95.6 cm³/mol. The number of benzene rings is 1. The van der Waals surface area contributed by atoms with Crippen LogP contribution in [0.15, 0.2) is 42.0 Å². The second-order valence-electron chi connectivity index (χ2n) is 7.07. The van der Waals surface area contributed by atoms with E-state index in [1.165, 1.54) is 10.4 Å². The van der Waals surface area contributed by atoms with E-state index in [1.807, 2.05) is 16.6 Å². The first-order chi connectivity index (χ1) is 11.7. The van der Waals surface area contributed by atoms with Gasteiger partial charge in [-0.1, -0.05) is 30.3 Å². The number of carbonyl (C=O) groups is 1. The standard InChI is InChI=1S/C19H23N3OS/c1-15(16-6-3-2-4-7-16)21-9-5-8-19(12-21)13-22(18(19)23)11-17-10-20-14-24-17/h2-4,6-7,10,14-15H,5,8-9,11-13H2,1H3/t15-,19-/m0/s1. The summed E-state index contributed by atoms with van der Waals surface area (Å²) in [5.41, 5.74) is 3.02. The van der Waals surface area contributed by atoms with Crippen LogP contribution in [-0.2, 0) is 11.3 Å². The molecule has 0 bridgehead atoms. The molecule has 24 heavy (non-hydrogen) atoms. The van der Waals surface area contributed by atoms with Crippen molar-refractivity contribution in [2.24, 2.45) is 5.41 Å². The van der Waals surface area contributed by atoms with Crippen LogP contribution < -0.4 is 0 Å². The number of nitrogens with zero attached hydrogens (tertiary/aromatic N) is 3. The molecule has 3 heterocycles. The van der Waals surface area contributed by atoms with Gasteiger partial charge in [0.1, 0.15) is 0 Å². The van der Waals surface area contributed by atoms with E-state index < -0.39 is 0 Å². The van der Waals surface area contributed by atoms with Gasteiger partial charge >= 0.3 is 0 Å². The lowest BCUT2D eigenvalue weighted by Crippen LogP contribution is -2.66. The summed E-state index contributed by atoms with van der Waals surface area (Å²) < 4.78 is 0. The van der Waals surface area contributed by atoms with E-state index in [4.69, 9.17) is 0 Å². The molecule has 2 aliphatic rings. The fraction of sp³-hybridized carbons (Fsp3) is 0.474. The quantitative estimate of drug-likeness (QED) is 0.801. The first-order valence-corrected chi connectivity index (χ1v) is 9.52. The Balaban J connectivity index is 1.43. The Morgan fingerprint density at radius 3 is 2.83 bits per heavy atom. The van der Waals surface area contributed by atoms with Gasteiger partial charge in [0.25, 0.3) is 0 Å². The van der Waals surface area contributed by atoms with Crippen LogP contribution in [0.2, 0.25) is 0 Å². The molecule has 1 aromatic carbocycles. The van der Waals surface area contributed by atoms with Crippen molar-refractivity contribution in [2.75, 3.05) is 19.6 Å². The van der Waals surface area contributed by atoms with E-state index in [9.17, 15) is 4.79 Å². The van der Waals surface area contributed by atoms with Crippen molar-refractivity contribution in [3.8, 4) is 0 Å². The molecule has 2 aromatic rings. The van der Waals surface area contributed by atoms with Gasteiger partial charge in [0.15, 0.2) is 0 Å². The fourth-order valence-electron chi connectivity index (χ4n) is 4.13. The maximum atomic E-state index is 12.9. The summed E-state index contributed by atoms with van der Waals surface area (Å²) in [5.74, 6) is 0.334. The molecule has 0 unspecified atom stereocenters. The summed E-state index contributed by atoms with van der Waals surface area (Å²) in [6.07, 6.45) is 4.01. The highest BCUT2D eigenvalue weighted by molar-refractivity contribution is 7.09. The minimum absolute atomic E-state index is 0.147. The van der Waals surface area contributed by atoms with Gasteiger partial charge in [0.05, 0.1) is 17.5 Å². The summed E-state index contributed by atoms with van der Waals surface area (Å²) in [6.45, 7) is 5.84. The highest BCUT2D eigenvalue weighted by Gasteiger charge is 2.53. The first kappa shape index (κ1) is 15.8. The zero-order chi connectivity index (χ0) is 16.6. The molecule has 0 aliphatic carbocycles. The summed E-state index contributed by atoms with van der Waals surface area (Å²) in [7, 11) is 0. The zero-order valence-corrected chi connectivity index (χ0v) is 14.8. The van der Waals surface area contributed by atoms with Crippen LogP contribution in [0, 0.1) is 5.41 Å². The molecule has 1 spiro atoms. The molecule has 4 rings (SSSR count). The largest absolute Gasteiger partial charge is 0.336 e. The van der Waals surface area contributed by atoms with E-state index in [1.54, 1.807) is 11.3 Å². The van der Waals surface area contributed by atoms with Gasteiger partial charge in [-0.25, -0.2) is 0 Å². The molecular formula is C19H23N3OS. The fourth-order valence-corrected chi connectivity index (χ4v) is 4.74. The maximum Gasteiger partial charge on any atom is 0.232 e. The maximum absolute atomic E-state index is 12.9. The second-order valence-corrected chi connectivity index (χ2v) is 8.04. The Morgan fingerprint density at radius 2 is 2.12 bits per heavy atom. The topological polar surface area (TPSA) is 36.4 Å². The number of hydrogen-bond donors (Lipinski definition) is 0. The van der Waals surface area contributed by atoms with Crippen molar-refractivity contribution in [1.82, 2.24) is 14.8 Å². The third-order valence-corrected chi connectivity index (χ3v) is 6.27. The Morgan fingerprint density at radius 1 is 1.29 bits per heavy atom. The molecule has 126 valence electrons. The average molecular weight is 341 g/mol. The Kier molecular flexibility index (Phi) is 4.14. The van der Waals surface area contributed by atoms with Gasteiger partial charge < -0.3 is 4.90 Å². The second kappa shape index (κ2) is 6.30. The lowest BCUT2D eigenvalue weighted by molar-refractivity contribution is -0.168. The van der Waals surface area contributed by atoms with E-state index in [0.29, 0.717) is 11.9 Å². The highest BCUT2D eigenvalue weighted by atomic mass is 32.1. The lowest BCUT2D eigenvalue weighted by Gasteiger charge is -2.54. The van der Waals surface area contributed by atoms with E-state index in [0.717, 1.165) is 39.0 Å². The molecule has 5 heteroatoms. The molecular weight excluding hydrogens is 318 g/mol. The predicted octanol–water partition coefficient (Wildman–Crippen LogP) is 3.33. The highest BCUT2D eigenvalue weighted by Crippen LogP contribution is 2.43. The minimum Gasteiger partial charge on any atom is -0.336 e. The molecule has 0 saturated carbocycles. The number of likely N-dealkylation sites (tertiary alicyclic amines) is 2. The number of thiazole rings is 1. The van der Waals surface area contributed by atoms with Gasteiger partial charge in [-0.15, -0.1) is 11.3 Å². The Bertz CT molecular complexity index is 703. The molecule has 1 amide bonds. The third-order valence-electron chi connectivity index (χ3n) is 5.50. The number of carbonyl (C=O) groups excluding carboxylic acids is 1. The van der Waals surface area contributed by atoms with E-state index >= 15 is 0 Å². The molecule has 4 nitrogen and oxygen atoms in total. The van der Waals surface area contributed by atoms with Gasteiger partial charge in [0, 0.05) is 30.2 Å². The molecule has 0 N–H and O–H groups in total. The number of hydrogen-bond acceptors (Lipinski definition) is 4. The Hall–Kier alpha value is -1.72. The summed E-state index contributed by atoms with van der Waals surface area (Å²) >= 11 is 1.62. The molecule has 0 radical (unpaired) electrons. The normalized spacial score (nSPS) is 25.7. The van der Waals surface area contributed by atoms with Crippen molar-refractivity contribution in [3.05, 3.63) is 52.5 Å². The molecule has 2 fully saturated rings. The average Bonchev–Trinajstić information content (AvgIpc) is 3.15. The van der Waals surface area contributed by atoms with Crippen LogP contribution in [0.5, 0.6) is 0 Å². The van der Waals surface area contributed by atoms with Gasteiger partial charge in [-0.05, 0) is 31.9 Å². The van der Waals surface area contributed by atoms with Crippen molar-refractivity contribution < 1.29 is 4.79 Å². The number of rotatable bonds is 4. The van der Waals surface area contributed by atoms with Crippen LogP contribution in [0.3, 0.4) is 0 Å². The van der Waals surface area contributed by atoms with E-state index in [-0.39, 0.29) is 5.41 Å². The zero-order valence-electron chi connectivity index (χ0n) is 14.0. The van der Waals surface area contributed by atoms with Crippen molar-refractivity contribution in [2.45, 2.75) is 32.4 Å². The minimum atomic E-state index is -0.147. The van der Waals surface area contributed by atoms with Crippen molar-refractivity contribution >= 4 is 17.2 Å². The van der Waals surface area contributed by atoms with Crippen molar-refractivity contribution in [1.29, 1.82) is 0 Å². The number of amides is 1. The van der Waals surface area contributed by atoms with Gasteiger partial charge in [0.2, 0.25) is 5.91 Å². The first-order valence-electron chi connectivity index (χ1n) is 8.64. The molecule has 2 aliphatic heterocycles. The van der Waals surface area contributed by atoms with E-state index in [2.05, 4.69) is 47.1 Å². The summed E-state index contributed by atoms with van der Waals surface area (Å²) in [4.78, 5) is 22.6. The molecule has 2 saturated heterocycles. The van der Waals surface area contributed by atoms with Crippen molar-refractivity contribution in [3.63, 3.8) is 0 Å². The summed E-state index contributed by atoms with van der Waals surface area (Å²) in [6, 6.07) is 11.0. The van der Waals surface area contributed by atoms with Crippen LogP contribution >= 0.6 is 11.3 Å². The number of piperidine rings is 1. The van der Waals surface area contributed by atoms with Crippen LogP contribution in [0.4, 0.5) is 0 Å². The van der Waals surface area contributed by atoms with Crippen LogP contribution in [0.25, 0.3) is 0 Å². The Labute approximate surface area is 147 Å². The van der Waals surface area contributed by atoms with Crippen LogP contribution in [-0.4, -0.2) is 40.3 Å². The van der Waals surface area contributed by atoms with Gasteiger partial charge in [-0.3, -0.25) is 14.7 Å². The number of aromatic nitrogens is 1. The van der Waals surface area contributed by atoms with Crippen LogP contribution in [0.1, 0.15) is 36.2 Å². The monoisotopic (exact) mass is 341 g/mol.